The van der Waals surface area contributed by atoms with Gasteiger partial charge in [0.2, 0.25) is 5.91 Å². The van der Waals surface area contributed by atoms with Gasteiger partial charge in [-0.2, -0.15) is 0 Å². The highest BCUT2D eigenvalue weighted by molar-refractivity contribution is 7.99. The third-order valence-electron chi connectivity index (χ3n) is 5.93. The topological polar surface area (TPSA) is 69.5 Å². The largest absolute Gasteiger partial charge is 0.350 e. The fourth-order valence-electron chi connectivity index (χ4n) is 4.23. The van der Waals surface area contributed by atoms with E-state index in [-0.39, 0.29) is 12.2 Å². The van der Waals surface area contributed by atoms with E-state index in [0.717, 1.165) is 43.0 Å². The Kier molecular flexibility index (Phi) is 6.52. The molecule has 7 nitrogen and oxygen atoms in total. The molecule has 2 aromatic carbocycles. The van der Waals surface area contributed by atoms with E-state index in [4.69, 9.17) is 9.47 Å². The van der Waals surface area contributed by atoms with Crippen molar-refractivity contribution in [1.82, 2.24) is 19.7 Å². The molecule has 0 N–H and O–H groups in total. The Morgan fingerprint density at radius 2 is 1.59 bits per heavy atom. The molecule has 0 bridgehead atoms. The fraction of sp³-hybridized carbons (Fsp3) is 0.375. The van der Waals surface area contributed by atoms with Crippen LogP contribution in [0.15, 0.2) is 65.8 Å². The summed E-state index contributed by atoms with van der Waals surface area (Å²) in [5, 5.41) is 9.58. The molecule has 3 aromatic rings. The average Bonchev–Trinajstić information content (AvgIpc) is 3.54. The first-order valence-electron chi connectivity index (χ1n) is 11.0. The quantitative estimate of drug-likeness (QED) is 0.534. The predicted octanol–water partition coefficient (Wildman–Crippen LogP) is 3.64. The van der Waals surface area contributed by atoms with Crippen LogP contribution in [-0.4, -0.2) is 63.9 Å². The van der Waals surface area contributed by atoms with Gasteiger partial charge in [-0.1, -0.05) is 60.3 Å². The number of benzene rings is 2. The maximum Gasteiger partial charge on any atom is 0.233 e. The lowest BCUT2D eigenvalue weighted by atomic mass is 9.96. The molecule has 5 rings (SSSR count). The summed E-state index contributed by atoms with van der Waals surface area (Å²) in [7, 11) is 0. The van der Waals surface area contributed by atoms with Crippen molar-refractivity contribution in [3.63, 3.8) is 0 Å². The summed E-state index contributed by atoms with van der Waals surface area (Å²) in [4.78, 5) is 14.9. The minimum Gasteiger partial charge on any atom is -0.350 e. The van der Waals surface area contributed by atoms with E-state index in [1.807, 2.05) is 70.1 Å². The first-order valence-corrected chi connectivity index (χ1v) is 12.0. The van der Waals surface area contributed by atoms with Gasteiger partial charge in [-0.25, -0.2) is 0 Å². The number of carbonyl (C=O) groups excluding carboxylic acids is 1. The van der Waals surface area contributed by atoms with Crippen LogP contribution < -0.4 is 0 Å². The van der Waals surface area contributed by atoms with Crippen LogP contribution in [0.2, 0.25) is 0 Å². The molecule has 32 heavy (non-hydrogen) atoms. The van der Waals surface area contributed by atoms with E-state index in [1.165, 1.54) is 11.8 Å². The van der Waals surface area contributed by atoms with Crippen LogP contribution in [0.4, 0.5) is 0 Å². The Morgan fingerprint density at radius 1 is 0.938 bits per heavy atom. The van der Waals surface area contributed by atoms with Crippen LogP contribution in [0.5, 0.6) is 0 Å². The van der Waals surface area contributed by atoms with Gasteiger partial charge < -0.3 is 14.4 Å². The van der Waals surface area contributed by atoms with Gasteiger partial charge in [-0.05, 0) is 25.0 Å². The zero-order chi connectivity index (χ0) is 21.8. The standard InChI is InChI=1S/C24H26N4O3S/c29-21(27-13-11-19(12-14-27)23-30-15-16-31-23)17-32-24-26-25-22(18-7-3-1-4-8-18)28(24)20-9-5-2-6-10-20/h1-10,19,23H,11-17H2. The van der Waals surface area contributed by atoms with Crippen molar-refractivity contribution < 1.29 is 14.3 Å². The molecule has 0 saturated carbocycles. The molecule has 1 aromatic heterocycles. The van der Waals surface area contributed by atoms with Gasteiger partial charge in [0.25, 0.3) is 0 Å². The van der Waals surface area contributed by atoms with E-state index in [2.05, 4.69) is 10.2 Å². The number of amides is 1. The third kappa shape index (κ3) is 4.57. The van der Waals surface area contributed by atoms with Crippen LogP contribution in [0.25, 0.3) is 17.1 Å². The molecular formula is C24H26N4O3S. The number of nitrogens with zero attached hydrogens (tertiary/aromatic N) is 4. The number of hydrogen-bond donors (Lipinski definition) is 0. The second kappa shape index (κ2) is 9.85. The van der Waals surface area contributed by atoms with E-state index >= 15 is 0 Å². The minimum absolute atomic E-state index is 0.0949. The Balaban J connectivity index is 1.27. The number of para-hydroxylation sites is 1. The molecule has 1 amide bonds. The molecule has 2 saturated heterocycles. The Bertz CT molecular complexity index is 1030. The lowest BCUT2D eigenvalue weighted by Gasteiger charge is -2.33. The maximum atomic E-state index is 12.9. The number of thioether (sulfide) groups is 1. The summed E-state index contributed by atoms with van der Waals surface area (Å²) in [5.41, 5.74) is 1.96. The lowest BCUT2D eigenvalue weighted by molar-refractivity contribution is -0.134. The van der Waals surface area contributed by atoms with Crippen LogP contribution in [-0.2, 0) is 14.3 Å². The van der Waals surface area contributed by atoms with E-state index in [1.54, 1.807) is 0 Å². The molecule has 0 atom stereocenters. The number of ether oxygens (including phenoxy) is 2. The molecule has 3 heterocycles. The van der Waals surface area contributed by atoms with Crippen molar-refractivity contribution in [2.24, 2.45) is 5.92 Å². The molecule has 2 fully saturated rings. The van der Waals surface area contributed by atoms with Crippen molar-refractivity contribution in [2.45, 2.75) is 24.3 Å². The van der Waals surface area contributed by atoms with Crippen LogP contribution in [0.1, 0.15) is 12.8 Å². The van der Waals surface area contributed by atoms with Gasteiger partial charge >= 0.3 is 0 Å². The Labute approximate surface area is 191 Å². The zero-order valence-corrected chi connectivity index (χ0v) is 18.6. The number of carbonyl (C=O) groups is 1. The monoisotopic (exact) mass is 450 g/mol. The van der Waals surface area contributed by atoms with Gasteiger partial charge in [-0.3, -0.25) is 9.36 Å². The minimum atomic E-state index is -0.0949. The second-order valence-electron chi connectivity index (χ2n) is 7.96. The van der Waals surface area contributed by atoms with E-state index < -0.39 is 0 Å². The summed E-state index contributed by atoms with van der Waals surface area (Å²) in [5.74, 6) is 1.61. The molecule has 8 heteroatoms. The van der Waals surface area contributed by atoms with Crippen LogP contribution in [0, 0.1) is 5.92 Å². The van der Waals surface area contributed by atoms with E-state index in [0.29, 0.717) is 30.0 Å². The summed E-state index contributed by atoms with van der Waals surface area (Å²) in [6.45, 7) is 2.84. The van der Waals surface area contributed by atoms with Gasteiger partial charge in [0.15, 0.2) is 17.3 Å². The van der Waals surface area contributed by atoms with Crippen molar-refractivity contribution in [3.05, 3.63) is 60.7 Å². The van der Waals surface area contributed by atoms with Crippen molar-refractivity contribution in [2.75, 3.05) is 32.1 Å². The number of aromatic nitrogens is 3. The predicted molar refractivity (Wildman–Crippen MR) is 123 cm³/mol. The number of piperidine rings is 1. The summed E-state index contributed by atoms with van der Waals surface area (Å²) < 4.78 is 13.3. The van der Waals surface area contributed by atoms with Crippen molar-refractivity contribution in [3.8, 4) is 17.1 Å². The number of likely N-dealkylation sites (tertiary alicyclic amines) is 1. The van der Waals surface area contributed by atoms with Crippen molar-refractivity contribution >= 4 is 17.7 Å². The lowest BCUT2D eigenvalue weighted by Crippen LogP contribution is -2.42. The normalized spacial score (nSPS) is 17.7. The molecule has 0 unspecified atom stereocenters. The molecule has 166 valence electrons. The van der Waals surface area contributed by atoms with Gasteiger partial charge in [0.1, 0.15) is 0 Å². The molecule has 2 aliphatic rings. The van der Waals surface area contributed by atoms with Crippen LogP contribution >= 0.6 is 11.8 Å². The third-order valence-corrected chi connectivity index (χ3v) is 6.84. The SMILES string of the molecule is O=C(CSc1nnc(-c2ccccc2)n1-c1ccccc1)N1CCC(C2OCCO2)CC1. The van der Waals surface area contributed by atoms with Gasteiger partial charge in [0.05, 0.1) is 19.0 Å². The summed E-state index contributed by atoms with van der Waals surface area (Å²) in [6, 6.07) is 20.0. The number of rotatable bonds is 6. The highest BCUT2D eigenvalue weighted by Gasteiger charge is 2.31. The molecule has 2 aliphatic heterocycles. The fourth-order valence-corrected chi connectivity index (χ4v) is 5.09. The summed E-state index contributed by atoms with van der Waals surface area (Å²) >= 11 is 1.43. The maximum absolute atomic E-state index is 12.9. The highest BCUT2D eigenvalue weighted by atomic mass is 32.2. The molecular weight excluding hydrogens is 424 g/mol. The first kappa shape index (κ1) is 21.2. The molecule has 0 radical (unpaired) electrons. The molecule has 0 spiro atoms. The highest BCUT2D eigenvalue weighted by Crippen LogP contribution is 2.29. The summed E-state index contributed by atoms with van der Waals surface area (Å²) in [6.07, 6.45) is 1.74. The smallest absolute Gasteiger partial charge is 0.233 e. The Morgan fingerprint density at radius 3 is 2.28 bits per heavy atom. The van der Waals surface area contributed by atoms with Gasteiger partial charge in [0, 0.05) is 30.3 Å². The van der Waals surface area contributed by atoms with Crippen molar-refractivity contribution in [1.29, 1.82) is 0 Å². The Hall–Kier alpha value is -2.68. The number of hydrogen-bond acceptors (Lipinski definition) is 6. The molecule has 0 aliphatic carbocycles. The van der Waals surface area contributed by atoms with Crippen LogP contribution in [0.3, 0.4) is 0 Å². The average molecular weight is 451 g/mol. The zero-order valence-electron chi connectivity index (χ0n) is 17.8. The van der Waals surface area contributed by atoms with E-state index in [9.17, 15) is 4.79 Å². The van der Waals surface area contributed by atoms with Gasteiger partial charge in [-0.15, -0.1) is 10.2 Å². The second-order valence-corrected chi connectivity index (χ2v) is 8.90. The first-order chi connectivity index (χ1) is 15.8.